The molecule has 0 aliphatic heterocycles. The van der Waals surface area contributed by atoms with Gasteiger partial charge in [-0.3, -0.25) is 0 Å². The molecule has 3 aromatic rings. The van der Waals surface area contributed by atoms with Crippen LogP contribution in [0.15, 0.2) is 40.9 Å². The molecule has 0 amide bonds. The average Bonchev–Trinajstić information content (AvgIpc) is 2.98. The minimum absolute atomic E-state index is 0.0502. The van der Waals surface area contributed by atoms with Gasteiger partial charge in [0.25, 0.3) is 0 Å². The summed E-state index contributed by atoms with van der Waals surface area (Å²) >= 11 is 5.70. The third kappa shape index (κ3) is 3.41. The van der Waals surface area contributed by atoms with Gasteiger partial charge in [-0.2, -0.15) is 0 Å². The Bertz CT molecular complexity index is 926. The Balaban J connectivity index is 2.02. The smallest absolute Gasteiger partial charge is 0.339 e. The highest BCUT2D eigenvalue weighted by Gasteiger charge is 2.14. The third-order valence-electron chi connectivity index (χ3n) is 3.18. The highest BCUT2D eigenvalue weighted by atomic mass is 127. The largest absolute Gasteiger partial charge is 0.449 e. The van der Waals surface area contributed by atoms with Gasteiger partial charge in [-0.05, 0) is 62.8 Å². The fourth-order valence-corrected chi connectivity index (χ4v) is 3.04. The van der Waals surface area contributed by atoms with E-state index in [0.717, 1.165) is 30.5 Å². The Labute approximate surface area is 154 Å². The molecular formula is C17H10BrIN2O2. The van der Waals surface area contributed by atoms with Gasteiger partial charge in [0, 0.05) is 13.6 Å². The maximum absolute atomic E-state index is 11.9. The van der Waals surface area contributed by atoms with Crippen molar-refractivity contribution in [2.45, 2.75) is 0 Å². The predicted molar refractivity (Wildman–Crippen MR) is 101 cm³/mol. The lowest BCUT2D eigenvalue weighted by atomic mass is 10.2. The number of carbonyl (C=O) groups is 1. The van der Waals surface area contributed by atoms with Crippen molar-refractivity contribution in [3.05, 3.63) is 50.0 Å². The summed E-state index contributed by atoms with van der Waals surface area (Å²) in [5.41, 5.74) is 2.90. The molecule has 0 atom stereocenters. The molecule has 0 spiro atoms. The number of hydrogen-bond donors (Lipinski definition) is 1. The van der Waals surface area contributed by atoms with Gasteiger partial charge in [0.2, 0.25) is 0 Å². The van der Waals surface area contributed by atoms with Crippen LogP contribution in [0.4, 0.5) is 0 Å². The summed E-state index contributed by atoms with van der Waals surface area (Å²) in [4.78, 5) is 19.8. The lowest BCUT2D eigenvalue weighted by Gasteiger charge is -2.02. The van der Waals surface area contributed by atoms with Crippen molar-refractivity contribution in [3.63, 3.8) is 0 Å². The van der Waals surface area contributed by atoms with Crippen LogP contribution in [0.2, 0.25) is 0 Å². The van der Waals surface area contributed by atoms with E-state index in [2.05, 4.69) is 54.4 Å². The molecule has 23 heavy (non-hydrogen) atoms. The van der Waals surface area contributed by atoms with Crippen LogP contribution in [0.25, 0.3) is 22.4 Å². The van der Waals surface area contributed by atoms with Crippen molar-refractivity contribution >= 4 is 55.5 Å². The standard InChI is InChI=1S/C17H10BrIN2O2/c1-2-7-23-17(22)11-8-13(18)15-14(9-11)20-16(21-15)10-3-5-12(19)6-4-10/h1,3-6,8-9H,7H2,(H,20,21). The van der Waals surface area contributed by atoms with Gasteiger partial charge in [0.1, 0.15) is 11.3 Å². The monoisotopic (exact) mass is 480 g/mol. The van der Waals surface area contributed by atoms with Gasteiger partial charge in [-0.25, -0.2) is 9.78 Å². The number of ether oxygens (including phenoxy) is 1. The van der Waals surface area contributed by atoms with E-state index in [1.165, 1.54) is 0 Å². The van der Waals surface area contributed by atoms with Crippen LogP contribution in [-0.2, 0) is 4.74 Å². The number of nitrogens with one attached hydrogen (secondary N) is 1. The van der Waals surface area contributed by atoms with Gasteiger partial charge < -0.3 is 9.72 Å². The second-order valence-electron chi connectivity index (χ2n) is 4.73. The van der Waals surface area contributed by atoms with Gasteiger partial charge in [-0.15, -0.1) is 6.42 Å². The number of halogens is 2. The first-order valence-electron chi connectivity index (χ1n) is 6.64. The molecule has 0 fully saturated rings. The summed E-state index contributed by atoms with van der Waals surface area (Å²) in [5, 5.41) is 0. The number of terminal acetylenes is 1. The normalized spacial score (nSPS) is 10.5. The number of rotatable bonds is 3. The van der Waals surface area contributed by atoms with Crippen molar-refractivity contribution < 1.29 is 9.53 Å². The van der Waals surface area contributed by atoms with E-state index in [1.807, 2.05) is 24.3 Å². The molecule has 0 radical (unpaired) electrons. The Morgan fingerprint density at radius 2 is 2.09 bits per heavy atom. The van der Waals surface area contributed by atoms with E-state index in [-0.39, 0.29) is 6.61 Å². The number of esters is 1. The van der Waals surface area contributed by atoms with Gasteiger partial charge in [-0.1, -0.05) is 18.1 Å². The topological polar surface area (TPSA) is 55.0 Å². The number of aromatic nitrogens is 2. The molecule has 0 unspecified atom stereocenters. The fourth-order valence-electron chi connectivity index (χ4n) is 2.13. The van der Waals surface area contributed by atoms with Crippen LogP contribution in [0.5, 0.6) is 0 Å². The molecule has 0 aliphatic carbocycles. The van der Waals surface area contributed by atoms with Crippen molar-refractivity contribution in [1.82, 2.24) is 9.97 Å². The van der Waals surface area contributed by atoms with Crippen LogP contribution in [0, 0.1) is 15.9 Å². The van der Waals surface area contributed by atoms with Gasteiger partial charge in [0.15, 0.2) is 6.61 Å². The first-order valence-corrected chi connectivity index (χ1v) is 8.51. The minimum atomic E-state index is -0.462. The summed E-state index contributed by atoms with van der Waals surface area (Å²) in [5.74, 6) is 2.55. The van der Waals surface area contributed by atoms with Crippen LogP contribution >= 0.6 is 38.5 Å². The number of imidazole rings is 1. The summed E-state index contributed by atoms with van der Waals surface area (Å²) in [7, 11) is 0. The molecule has 0 aliphatic rings. The first-order chi connectivity index (χ1) is 11.1. The molecular weight excluding hydrogens is 471 g/mol. The number of nitrogens with zero attached hydrogens (tertiary/aromatic N) is 1. The molecule has 4 nitrogen and oxygen atoms in total. The number of H-pyrrole nitrogens is 1. The van der Waals surface area contributed by atoms with Gasteiger partial charge >= 0.3 is 5.97 Å². The Morgan fingerprint density at radius 3 is 2.78 bits per heavy atom. The van der Waals surface area contributed by atoms with E-state index in [4.69, 9.17) is 11.2 Å². The molecule has 1 aromatic heterocycles. The third-order valence-corrected chi connectivity index (χ3v) is 4.50. The Hall–Kier alpha value is -1.85. The molecule has 0 saturated carbocycles. The molecule has 114 valence electrons. The highest BCUT2D eigenvalue weighted by Crippen LogP contribution is 2.28. The van der Waals surface area contributed by atoms with Crippen LogP contribution in [-0.4, -0.2) is 22.5 Å². The van der Waals surface area contributed by atoms with Crippen molar-refractivity contribution in [1.29, 1.82) is 0 Å². The average molecular weight is 481 g/mol. The van der Waals surface area contributed by atoms with Gasteiger partial charge in [0.05, 0.1) is 11.1 Å². The molecule has 0 saturated heterocycles. The SMILES string of the molecule is C#CCOC(=O)c1cc(Br)c2nc(-c3ccc(I)cc3)[nH]c2c1. The van der Waals surface area contributed by atoms with E-state index < -0.39 is 5.97 Å². The highest BCUT2D eigenvalue weighted by molar-refractivity contribution is 14.1. The summed E-state index contributed by atoms with van der Waals surface area (Å²) in [6, 6.07) is 11.4. The number of hydrogen-bond acceptors (Lipinski definition) is 3. The summed E-state index contributed by atoms with van der Waals surface area (Å²) < 4.78 is 6.83. The first kappa shape index (κ1) is 16.0. The Morgan fingerprint density at radius 1 is 1.35 bits per heavy atom. The molecule has 2 aromatic carbocycles. The zero-order valence-corrected chi connectivity index (χ0v) is 15.5. The van der Waals surface area contributed by atoms with Crippen molar-refractivity contribution in [2.75, 3.05) is 6.61 Å². The molecule has 1 heterocycles. The zero-order chi connectivity index (χ0) is 16.4. The van der Waals surface area contributed by atoms with E-state index in [1.54, 1.807) is 12.1 Å². The van der Waals surface area contributed by atoms with E-state index in [9.17, 15) is 4.79 Å². The summed E-state index contributed by atoms with van der Waals surface area (Å²) in [6.45, 7) is -0.0502. The van der Waals surface area contributed by atoms with E-state index in [0.29, 0.717) is 5.56 Å². The second kappa shape index (κ2) is 6.72. The Kier molecular flexibility index (Phi) is 4.68. The quantitative estimate of drug-likeness (QED) is 0.343. The molecule has 1 N–H and O–H groups in total. The zero-order valence-electron chi connectivity index (χ0n) is 11.8. The number of aromatic amines is 1. The maximum atomic E-state index is 11.9. The predicted octanol–water partition coefficient (Wildman–Crippen LogP) is 4.39. The number of fused-ring (bicyclic) bond motifs is 1. The lowest BCUT2D eigenvalue weighted by Crippen LogP contribution is -2.05. The minimum Gasteiger partial charge on any atom is -0.449 e. The number of benzene rings is 2. The number of carbonyl (C=O) groups excluding carboxylic acids is 1. The fraction of sp³-hybridized carbons (Fsp3) is 0.0588. The molecule has 3 rings (SSSR count). The van der Waals surface area contributed by atoms with Crippen molar-refractivity contribution in [2.24, 2.45) is 0 Å². The van der Waals surface area contributed by atoms with Crippen molar-refractivity contribution in [3.8, 4) is 23.7 Å². The van der Waals surface area contributed by atoms with Crippen LogP contribution < -0.4 is 0 Å². The summed E-state index contributed by atoms with van der Waals surface area (Å²) in [6.07, 6.45) is 5.10. The molecule has 6 heteroatoms. The molecule has 0 bridgehead atoms. The van der Waals surface area contributed by atoms with Crippen LogP contribution in [0.3, 0.4) is 0 Å². The lowest BCUT2D eigenvalue weighted by molar-refractivity contribution is 0.0557. The second-order valence-corrected chi connectivity index (χ2v) is 6.83. The van der Waals surface area contributed by atoms with Crippen LogP contribution in [0.1, 0.15) is 10.4 Å². The maximum Gasteiger partial charge on any atom is 0.339 e. The van der Waals surface area contributed by atoms with E-state index >= 15 is 0 Å².